The van der Waals surface area contributed by atoms with E-state index in [0.29, 0.717) is 6.42 Å². The molecule has 0 aromatic heterocycles. The summed E-state index contributed by atoms with van der Waals surface area (Å²) in [5, 5.41) is 10.3. The zero-order valence-electron chi connectivity index (χ0n) is 7.43. The Hall–Kier alpha value is 1.04. The molecule has 0 spiro atoms. The molecule has 0 aliphatic carbocycles. The molecule has 0 saturated heterocycles. The number of carbonyl (C=O) groups excluding carboxylic acids is 1. The first-order valence-corrected chi connectivity index (χ1v) is 3.93. The van der Waals surface area contributed by atoms with E-state index in [4.69, 9.17) is 0 Å². The monoisotopic (exact) mass is 281 g/mol. The molecule has 60 valence electrons. The van der Waals surface area contributed by atoms with Crippen LogP contribution < -0.4 is 5.11 Å². The van der Waals surface area contributed by atoms with Crippen LogP contribution in [0.15, 0.2) is 0 Å². The minimum atomic E-state index is -0.893. The van der Waals surface area contributed by atoms with Gasteiger partial charge in [-0.25, -0.2) is 0 Å². The Morgan fingerprint density at radius 1 is 1.45 bits per heavy atom. The number of carboxylic acid groups (broad SMARTS) is 1. The Morgan fingerprint density at radius 2 is 2.00 bits per heavy atom. The standard InChI is InChI=1S/C8H16O2.Ba/c1-3-5-6-7(4-2)8(9)10;/h7H,3-6H2,1-2H3,(H,9,10);/q;+2/p-1. The Bertz CT molecular complexity index is 104. The number of hydrogen-bond acceptors (Lipinski definition) is 2. The Kier molecular flexibility index (Phi) is 12.1. The average molecular weight is 281 g/mol. The van der Waals surface area contributed by atoms with Crippen LogP contribution in [0.2, 0.25) is 0 Å². The third kappa shape index (κ3) is 7.40. The van der Waals surface area contributed by atoms with Crippen LogP contribution >= 0.6 is 0 Å². The van der Waals surface area contributed by atoms with Gasteiger partial charge in [-0.15, -0.1) is 0 Å². The van der Waals surface area contributed by atoms with Gasteiger partial charge in [0.1, 0.15) is 0 Å². The van der Waals surface area contributed by atoms with Crippen LogP contribution in [-0.4, -0.2) is 54.9 Å². The maximum absolute atomic E-state index is 10.3. The van der Waals surface area contributed by atoms with Gasteiger partial charge in [0.15, 0.2) is 0 Å². The van der Waals surface area contributed by atoms with Crippen LogP contribution in [-0.2, 0) is 4.79 Å². The molecule has 0 fully saturated rings. The zero-order valence-corrected chi connectivity index (χ0v) is 11.9. The molecule has 0 saturated carbocycles. The fourth-order valence-corrected chi connectivity index (χ4v) is 0.939. The van der Waals surface area contributed by atoms with Gasteiger partial charge in [0.25, 0.3) is 0 Å². The van der Waals surface area contributed by atoms with E-state index in [2.05, 4.69) is 6.92 Å². The van der Waals surface area contributed by atoms with Gasteiger partial charge in [0.05, 0.1) is 0 Å². The van der Waals surface area contributed by atoms with Gasteiger partial charge in [-0.3, -0.25) is 0 Å². The van der Waals surface area contributed by atoms with Crippen molar-refractivity contribution in [1.29, 1.82) is 0 Å². The van der Waals surface area contributed by atoms with Crippen molar-refractivity contribution in [2.45, 2.75) is 39.5 Å². The van der Waals surface area contributed by atoms with Crippen molar-refractivity contribution in [1.82, 2.24) is 0 Å². The first kappa shape index (κ1) is 14.6. The maximum Gasteiger partial charge on any atom is 2.00 e. The molecule has 0 aliphatic rings. The maximum atomic E-state index is 10.3. The Labute approximate surface area is 109 Å². The largest absolute Gasteiger partial charge is 2.00 e. The minimum Gasteiger partial charge on any atom is -0.550 e. The summed E-state index contributed by atoms with van der Waals surface area (Å²) in [5.74, 6) is -1.11. The quantitative estimate of drug-likeness (QED) is 0.691. The van der Waals surface area contributed by atoms with Gasteiger partial charge in [-0.05, 0) is 18.8 Å². The smallest absolute Gasteiger partial charge is 0.550 e. The second kappa shape index (κ2) is 9.13. The van der Waals surface area contributed by atoms with E-state index >= 15 is 0 Å². The summed E-state index contributed by atoms with van der Waals surface area (Å²) in [6, 6.07) is 0. The van der Waals surface area contributed by atoms with Crippen molar-refractivity contribution < 1.29 is 9.90 Å². The van der Waals surface area contributed by atoms with Crippen molar-refractivity contribution in [3.8, 4) is 0 Å². The first-order valence-electron chi connectivity index (χ1n) is 3.93. The Morgan fingerprint density at radius 3 is 2.27 bits per heavy atom. The van der Waals surface area contributed by atoms with Crippen LogP contribution in [0.25, 0.3) is 0 Å². The molecule has 1 unspecified atom stereocenters. The summed E-state index contributed by atoms with van der Waals surface area (Å²) < 4.78 is 0. The molecule has 0 amide bonds. The zero-order chi connectivity index (χ0) is 7.98. The topological polar surface area (TPSA) is 40.1 Å². The van der Waals surface area contributed by atoms with Gasteiger partial charge in [-0.1, -0.05) is 26.7 Å². The molecule has 0 heterocycles. The fraction of sp³-hybridized carbons (Fsp3) is 0.875. The minimum absolute atomic E-state index is 0. The van der Waals surface area contributed by atoms with Gasteiger partial charge in [-0.2, -0.15) is 0 Å². The SMILES string of the molecule is CCCCC(CC)C(=O)[O-].[Ba+2]. The van der Waals surface area contributed by atoms with Crippen molar-refractivity contribution in [3.05, 3.63) is 0 Å². The van der Waals surface area contributed by atoms with Gasteiger partial charge in [0, 0.05) is 5.97 Å². The van der Waals surface area contributed by atoms with E-state index in [0.717, 1.165) is 19.3 Å². The summed E-state index contributed by atoms with van der Waals surface area (Å²) in [5.41, 5.74) is 0. The van der Waals surface area contributed by atoms with Crippen LogP contribution in [0, 0.1) is 5.92 Å². The van der Waals surface area contributed by atoms with E-state index in [1.165, 1.54) is 0 Å². The third-order valence-electron chi connectivity index (χ3n) is 1.73. The van der Waals surface area contributed by atoms with Crippen molar-refractivity contribution in [2.75, 3.05) is 0 Å². The molecular formula is C8H15BaO2+. The van der Waals surface area contributed by atoms with Crippen LogP contribution in [0.1, 0.15) is 39.5 Å². The normalized spacial score (nSPS) is 11.8. The van der Waals surface area contributed by atoms with Crippen LogP contribution in [0.5, 0.6) is 0 Å². The number of carboxylic acids is 1. The van der Waals surface area contributed by atoms with E-state index in [1.807, 2.05) is 6.92 Å². The first-order chi connectivity index (χ1) is 4.72. The summed E-state index contributed by atoms with van der Waals surface area (Å²) >= 11 is 0. The molecule has 2 nitrogen and oxygen atoms in total. The summed E-state index contributed by atoms with van der Waals surface area (Å²) in [6.07, 6.45) is 3.52. The number of carbonyl (C=O) groups is 1. The molecule has 0 bridgehead atoms. The fourth-order valence-electron chi connectivity index (χ4n) is 0.939. The Balaban J connectivity index is 0. The van der Waals surface area contributed by atoms with Crippen molar-refractivity contribution >= 4 is 54.9 Å². The molecule has 0 aromatic rings. The summed E-state index contributed by atoms with van der Waals surface area (Å²) in [4.78, 5) is 10.3. The molecular weight excluding hydrogens is 265 g/mol. The predicted octanol–water partition coefficient (Wildman–Crippen LogP) is 0.572. The van der Waals surface area contributed by atoms with Crippen molar-refractivity contribution in [2.24, 2.45) is 5.92 Å². The molecule has 11 heavy (non-hydrogen) atoms. The number of unbranched alkanes of at least 4 members (excludes halogenated alkanes) is 1. The summed E-state index contributed by atoms with van der Waals surface area (Å²) in [6.45, 7) is 3.94. The molecule has 0 radical (unpaired) electrons. The van der Waals surface area contributed by atoms with Gasteiger partial charge >= 0.3 is 48.9 Å². The number of hydrogen-bond donors (Lipinski definition) is 0. The second-order valence-electron chi connectivity index (χ2n) is 2.57. The third-order valence-corrected chi connectivity index (χ3v) is 1.73. The van der Waals surface area contributed by atoms with E-state index < -0.39 is 5.97 Å². The van der Waals surface area contributed by atoms with Crippen LogP contribution in [0.4, 0.5) is 0 Å². The van der Waals surface area contributed by atoms with E-state index in [9.17, 15) is 9.90 Å². The number of rotatable bonds is 5. The molecule has 0 N–H and O–H groups in total. The van der Waals surface area contributed by atoms with Crippen molar-refractivity contribution in [3.63, 3.8) is 0 Å². The number of aliphatic carboxylic acids is 1. The second-order valence-corrected chi connectivity index (χ2v) is 2.57. The molecule has 3 heteroatoms. The molecule has 1 atom stereocenters. The van der Waals surface area contributed by atoms with E-state index in [1.54, 1.807) is 0 Å². The predicted molar refractivity (Wildman–Crippen MR) is 44.1 cm³/mol. The molecule has 0 rings (SSSR count). The molecule has 0 aliphatic heterocycles. The van der Waals surface area contributed by atoms with E-state index in [-0.39, 0.29) is 54.8 Å². The molecule has 0 aromatic carbocycles. The average Bonchev–Trinajstić information content (AvgIpc) is 1.89. The van der Waals surface area contributed by atoms with Crippen LogP contribution in [0.3, 0.4) is 0 Å². The van der Waals surface area contributed by atoms with Gasteiger partial charge < -0.3 is 9.90 Å². The summed E-state index contributed by atoms with van der Waals surface area (Å²) in [7, 11) is 0. The van der Waals surface area contributed by atoms with Gasteiger partial charge in [0.2, 0.25) is 0 Å².